The molecule has 2 fully saturated rings. The van der Waals surface area contributed by atoms with Gasteiger partial charge in [-0.15, -0.1) is 0 Å². The molecule has 0 radical (unpaired) electrons. The van der Waals surface area contributed by atoms with Crippen LogP contribution in [0, 0.1) is 5.92 Å². The van der Waals surface area contributed by atoms with Gasteiger partial charge in [-0.3, -0.25) is 9.69 Å². The van der Waals surface area contributed by atoms with Crippen LogP contribution in [0.1, 0.15) is 36.0 Å². The third-order valence-electron chi connectivity index (χ3n) is 4.78. The lowest BCUT2D eigenvalue weighted by Gasteiger charge is -2.27. The number of urea groups is 1. The Morgan fingerprint density at radius 1 is 1.35 bits per heavy atom. The van der Waals surface area contributed by atoms with Gasteiger partial charge in [-0.25, -0.2) is 4.79 Å². The van der Waals surface area contributed by atoms with E-state index in [2.05, 4.69) is 10.6 Å². The Bertz CT molecular complexity index is 590. The van der Waals surface area contributed by atoms with Gasteiger partial charge in [0.25, 0.3) is 5.91 Å². The summed E-state index contributed by atoms with van der Waals surface area (Å²) in [5, 5.41) is 5.92. The molecule has 1 heterocycles. The van der Waals surface area contributed by atoms with Gasteiger partial charge in [0, 0.05) is 30.4 Å². The third-order valence-corrected chi connectivity index (χ3v) is 4.78. The van der Waals surface area contributed by atoms with Crippen molar-refractivity contribution in [2.45, 2.75) is 31.7 Å². The Morgan fingerprint density at radius 2 is 2.22 bits per heavy atom. The maximum Gasteiger partial charge on any atom is 0.321 e. The minimum atomic E-state index is -0.104. The molecular weight excluding hydrogens is 292 g/mol. The Kier molecular flexibility index (Phi) is 4.81. The van der Waals surface area contributed by atoms with Gasteiger partial charge in [0.1, 0.15) is 0 Å². The quantitative estimate of drug-likeness (QED) is 0.786. The molecule has 3 rings (SSSR count). The standard InChI is InChI=1S/C17H24N4O2/c18-11-13-5-2-7-15(13)20-16(22)12-4-1-6-14(10-12)21-9-3-8-19-17(21)23/h1,4,6,10,13,15H,2-3,5,7-9,11,18H2,(H,19,23)(H,20,22). The van der Waals surface area contributed by atoms with Crippen LogP contribution >= 0.6 is 0 Å². The number of rotatable bonds is 4. The number of nitrogens with zero attached hydrogens (tertiary/aromatic N) is 1. The summed E-state index contributed by atoms with van der Waals surface area (Å²) in [5.74, 6) is 0.282. The van der Waals surface area contributed by atoms with Crippen molar-refractivity contribution < 1.29 is 9.59 Å². The molecule has 6 heteroatoms. The van der Waals surface area contributed by atoms with Crippen molar-refractivity contribution >= 4 is 17.6 Å². The summed E-state index contributed by atoms with van der Waals surface area (Å²) in [7, 11) is 0. The van der Waals surface area contributed by atoms with Crippen LogP contribution in [0.15, 0.2) is 24.3 Å². The fourth-order valence-electron chi connectivity index (χ4n) is 3.45. The van der Waals surface area contributed by atoms with Crippen LogP contribution in [0.3, 0.4) is 0 Å². The number of amides is 3. The second kappa shape index (κ2) is 7.00. The van der Waals surface area contributed by atoms with E-state index >= 15 is 0 Å². The monoisotopic (exact) mass is 316 g/mol. The van der Waals surface area contributed by atoms with Crippen molar-refractivity contribution in [3.05, 3.63) is 29.8 Å². The maximum atomic E-state index is 12.5. The summed E-state index contributed by atoms with van der Waals surface area (Å²) in [6.45, 7) is 1.99. The lowest BCUT2D eigenvalue weighted by molar-refractivity contribution is 0.0928. The van der Waals surface area contributed by atoms with Gasteiger partial charge in [-0.05, 0) is 49.9 Å². The maximum absolute atomic E-state index is 12.5. The van der Waals surface area contributed by atoms with Crippen LogP contribution in [0.25, 0.3) is 0 Å². The zero-order valence-electron chi connectivity index (χ0n) is 13.3. The highest BCUT2D eigenvalue weighted by Crippen LogP contribution is 2.25. The molecule has 0 aromatic heterocycles. The SMILES string of the molecule is NCC1CCCC1NC(=O)c1cccc(N2CCCNC2=O)c1. The second-order valence-electron chi connectivity index (χ2n) is 6.29. The number of benzene rings is 1. The fourth-order valence-corrected chi connectivity index (χ4v) is 3.45. The van der Waals surface area contributed by atoms with Crippen LogP contribution in [0.5, 0.6) is 0 Å². The number of carbonyl (C=O) groups excluding carboxylic acids is 2. The Hall–Kier alpha value is -2.08. The molecule has 2 unspecified atom stereocenters. The molecule has 23 heavy (non-hydrogen) atoms. The molecule has 3 amide bonds. The molecule has 1 aliphatic heterocycles. The molecule has 4 N–H and O–H groups in total. The first-order valence-electron chi connectivity index (χ1n) is 8.35. The van der Waals surface area contributed by atoms with Crippen molar-refractivity contribution in [3.63, 3.8) is 0 Å². The number of hydrogen-bond acceptors (Lipinski definition) is 3. The highest BCUT2D eigenvalue weighted by molar-refractivity contribution is 5.98. The second-order valence-corrected chi connectivity index (χ2v) is 6.29. The van der Waals surface area contributed by atoms with Crippen molar-refractivity contribution in [1.29, 1.82) is 0 Å². The highest BCUT2D eigenvalue weighted by atomic mass is 16.2. The highest BCUT2D eigenvalue weighted by Gasteiger charge is 2.28. The normalized spacial score (nSPS) is 24.4. The van der Waals surface area contributed by atoms with Gasteiger partial charge in [0.2, 0.25) is 0 Å². The first kappa shape index (κ1) is 15.8. The average molecular weight is 316 g/mol. The molecular formula is C17H24N4O2. The van der Waals surface area contributed by atoms with Crippen LogP contribution in [0.4, 0.5) is 10.5 Å². The Balaban J connectivity index is 1.71. The van der Waals surface area contributed by atoms with Gasteiger partial charge in [0.15, 0.2) is 0 Å². The van der Waals surface area contributed by atoms with Gasteiger partial charge < -0.3 is 16.4 Å². The van der Waals surface area contributed by atoms with Crippen molar-refractivity contribution in [1.82, 2.24) is 10.6 Å². The summed E-state index contributed by atoms with van der Waals surface area (Å²) in [4.78, 5) is 26.1. The number of hydrogen-bond donors (Lipinski definition) is 3. The van der Waals surface area contributed by atoms with Gasteiger partial charge >= 0.3 is 6.03 Å². The van der Waals surface area contributed by atoms with Crippen molar-refractivity contribution in [3.8, 4) is 0 Å². The lowest BCUT2D eigenvalue weighted by Crippen LogP contribution is -2.46. The van der Waals surface area contributed by atoms with E-state index in [0.717, 1.165) is 31.4 Å². The summed E-state index contributed by atoms with van der Waals surface area (Å²) < 4.78 is 0. The van der Waals surface area contributed by atoms with E-state index < -0.39 is 0 Å². The van der Waals surface area contributed by atoms with Crippen LogP contribution < -0.4 is 21.3 Å². The predicted octanol–water partition coefficient (Wildman–Crippen LogP) is 1.46. The van der Waals surface area contributed by atoms with E-state index in [-0.39, 0.29) is 18.0 Å². The van der Waals surface area contributed by atoms with Crippen LogP contribution in [-0.4, -0.2) is 37.6 Å². The molecule has 0 bridgehead atoms. The van der Waals surface area contributed by atoms with Gasteiger partial charge in [0.05, 0.1) is 0 Å². The zero-order chi connectivity index (χ0) is 16.2. The first-order chi connectivity index (χ1) is 11.2. The zero-order valence-corrected chi connectivity index (χ0v) is 13.3. The molecule has 1 saturated carbocycles. The lowest BCUT2D eigenvalue weighted by atomic mass is 10.0. The molecule has 124 valence electrons. The molecule has 1 aromatic rings. The van der Waals surface area contributed by atoms with Crippen LogP contribution in [0.2, 0.25) is 0 Å². The fraction of sp³-hybridized carbons (Fsp3) is 0.529. The average Bonchev–Trinajstić information content (AvgIpc) is 3.02. The van der Waals surface area contributed by atoms with E-state index in [1.165, 1.54) is 0 Å². The van der Waals surface area contributed by atoms with E-state index in [1.54, 1.807) is 17.0 Å². The van der Waals surface area contributed by atoms with Crippen molar-refractivity contribution in [2.75, 3.05) is 24.5 Å². The summed E-state index contributed by atoms with van der Waals surface area (Å²) in [6.07, 6.45) is 4.08. The topological polar surface area (TPSA) is 87.5 Å². The molecule has 2 atom stereocenters. The molecule has 1 aromatic carbocycles. The number of carbonyl (C=O) groups is 2. The third kappa shape index (κ3) is 3.47. The van der Waals surface area contributed by atoms with Crippen LogP contribution in [-0.2, 0) is 0 Å². The molecule has 2 aliphatic rings. The smallest absolute Gasteiger partial charge is 0.321 e. The van der Waals surface area contributed by atoms with E-state index in [4.69, 9.17) is 5.73 Å². The summed E-state index contributed by atoms with van der Waals surface area (Å²) in [5.41, 5.74) is 7.12. The summed E-state index contributed by atoms with van der Waals surface area (Å²) >= 11 is 0. The van der Waals surface area contributed by atoms with Gasteiger partial charge in [-0.1, -0.05) is 12.5 Å². The van der Waals surface area contributed by atoms with Gasteiger partial charge in [-0.2, -0.15) is 0 Å². The minimum Gasteiger partial charge on any atom is -0.349 e. The number of anilines is 1. The molecule has 6 nitrogen and oxygen atoms in total. The molecule has 1 aliphatic carbocycles. The largest absolute Gasteiger partial charge is 0.349 e. The first-order valence-corrected chi connectivity index (χ1v) is 8.35. The molecule has 0 spiro atoms. The van der Waals surface area contributed by atoms with E-state index in [0.29, 0.717) is 31.1 Å². The number of nitrogens with two attached hydrogens (primary N) is 1. The van der Waals surface area contributed by atoms with E-state index in [9.17, 15) is 9.59 Å². The Labute approximate surface area is 136 Å². The molecule has 1 saturated heterocycles. The summed E-state index contributed by atoms with van der Waals surface area (Å²) in [6, 6.07) is 7.31. The predicted molar refractivity (Wildman–Crippen MR) is 89.5 cm³/mol. The minimum absolute atomic E-state index is 0.0883. The van der Waals surface area contributed by atoms with Crippen molar-refractivity contribution in [2.24, 2.45) is 11.7 Å². The number of nitrogens with one attached hydrogen (secondary N) is 2. The Morgan fingerprint density at radius 3 is 3.00 bits per heavy atom. The van der Waals surface area contributed by atoms with E-state index in [1.807, 2.05) is 12.1 Å².